The van der Waals surface area contributed by atoms with Crippen molar-refractivity contribution in [2.75, 3.05) is 11.1 Å². The monoisotopic (exact) mass is 492 g/mol. The standard InChI is InChI=1S/C24H24N6O2S2/c1-4-13-30-21(16(3)25-22(32)17-11-9-15(2)10-12-17)28-29-24(30)33-14-20(31)27-23-26-18-7-5-6-8-19(18)34-23/h4-12,16H,1,13-14H2,2-3H3,(H,25,32)(H,26,27,31)/t16-/m1/s1. The van der Waals surface area contributed by atoms with Gasteiger partial charge in [0.1, 0.15) is 0 Å². The molecule has 0 bridgehead atoms. The maximum absolute atomic E-state index is 12.6. The van der Waals surface area contributed by atoms with Crippen LogP contribution in [0.1, 0.15) is 34.7 Å². The van der Waals surface area contributed by atoms with E-state index in [1.165, 1.54) is 23.1 Å². The van der Waals surface area contributed by atoms with Crippen LogP contribution in [0.2, 0.25) is 0 Å². The summed E-state index contributed by atoms with van der Waals surface area (Å²) in [5.41, 5.74) is 2.52. The zero-order valence-corrected chi connectivity index (χ0v) is 20.4. The molecular weight excluding hydrogens is 468 g/mol. The lowest BCUT2D eigenvalue weighted by molar-refractivity contribution is -0.113. The van der Waals surface area contributed by atoms with Gasteiger partial charge in [-0.2, -0.15) is 0 Å². The number of hydrogen-bond donors (Lipinski definition) is 2. The van der Waals surface area contributed by atoms with Crippen molar-refractivity contribution in [3.8, 4) is 0 Å². The quantitative estimate of drug-likeness (QED) is 0.261. The molecule has 2 amide bonds. The second kappa shape index (κ2) is 10.6. The number of thiazole rings is 1. The molecular formula is C24H24N6O2S2. The van der Waals surface area contributed by atoms with Gasteiger partial charge in [0.15, 0.2) is 16.1 Å². The lowest BCUT2D eigenvalue weighted by atomic mass is 10.1. The van der Waals surface area contributed by atoms with Gasteiger partial charge in [-0.3, -0.25) is 9.59 Å². The number of carbonyl (C=O) groups is 2. The van der Waals surface area contributed by atoms with Crippen molar-refractivity contribution in [1.29, 1.82) is 0 Å². The van der Waals surface area contributed by atoms with E-state index in [2.05, 4.69) is 32.4 Å². The number of carbonyl (C=O) groups excluding carboxylic acids is 2. The smallest absolute Gasteiger partial charge is 0.251 e. The Morgan fingerprint density at radius 3 is 2.68 bits per heavy atom. The van der Waals surface area contributed by atoms with E-state index in [1.807, 2.05) is 54.8 Å². The third-order valence-corrected chi connectivity index (χ3v) is 6.90. The highest BCUT2D eigenvalue weighted by atomic mass is 32.2. The first-order valence-electron chi connectivity index (χ1n) is 10.6. The molecule has 4 aromatic rings. The molecule has 0 unspecified atom stereocenters. The number of allylic oxidation sites excluding steroid dienone is 1. The largest absolute Gasteiger partial charge is 0.342 e. The molecule has 2 aromatic carbocycles. The van der Waals surface area contributed by atoms with Gasteiger partial charge < -0.3 is 15.2 Å². The molecule has 0 radical (unpaired) electrons. The Labute approximate surface area is 205 Å². The summed E-state index contributed by atoms with van der Waals surface area (Å²) in [6.07, 6.45) is 1.73. The molecule has 0 spiro atoms. The van der Waals surface area contributed by atoms with Crippen LogP contribution in [0.15, 0.2) is 66.3 Å². The van der Waals surface area contributed by atoms with E-state index in [0.717, 1.165) is 15.8 Å². The summed E-state index contributed by atoms with van der Waals surface area (Å²) in [5, 5.41) is 15.5. The molecule has 34 heavy (non-hydrogen) atoms. The first-order valence-corrected chi connectivity index (χ1v) is 12.4. The molecule has 2 heterocycles. The molecule has 2 N–H and O–H groups in total. The number of benzene rings is 2. The van der Waals surface area contributed by atoms with E-state index in [9.17, 15) is 9.59 Å². The van der Waals surface area contributed by atoms with Crippen molar-refractivity contribution < 1.29 is 9.59 Å². The molecule has 174 valence electrons. The van der Waals surface area contributed by atoms with Crippen LogP contribution in [-0.2, 0) is 11.3 Å². The van der Waals surface area contributed by atoms with E-state index in [1.54, 1.807) is 18.2 Å². The summed E-state index contributed by atoms with van der Waals surface area (Å²) in [5.74, 6) is 0.369. The maximum atomic E-state index is 12.6. The minimum atomic E-state index is -0.382. The second-order valence-electron chi connectivity index (χ2n) is 7.62. The van der Waals surface area contributed by atoms with Crippen LogP contribution in [0, 0.1) is 6.92 Å². The third-order valence-electron chi connectivity index (χ3n) is 4.98. The Morgan fingerprint density at radius 2 is 1.94 bits per heavy atom. The molecule has 1 atom stereocenters. The van der Waals surface area contributed by atoms with Crippen molar-refractivity contribution in [2.24, 2.45) is 0 Å². The predicted molar refractivity (Wildman–Crippen MR) is 136 cm³/mol. The Bertz CT molecular complexity index is 1300. The fourth-order valence-electron chi connectivity index (χ4n) is 3.29. The van der Waals surface area contributed by atoms with Crippen LogP contribution < -0.4 is 10.6 Å². The van der Waals surface area contributed by atoms with Gasteiger partial charge in [-0.15, -0.1) is 16.8 Å². The van der Waals surface area contributed by atoms with Gasteiger partial charge in [-0.05, 0) is 38.1 Å². The van der Waals surface area contributed by atoms with Gasteiger partial charge in [0.2, 0.25) is 5.91 Å². The van der Waals surface area contributed by atoms with Crippen LogP contribution >= 0.6 is 23.1 Å². The number of fused-ring (bicyclic) bond motifs is 1. The van der Waals surface area contributed by atoms with Gasteiger partial charge in [0, 0.05) is 12.1 Å². The van der Waals surface area contributed by atoms with Crippen LogP contribution in [0.25, 0.3) is 10.2 Å². The van der Waals surface area contributed by atoms with E-state index >= 15 is 0 Å². The van der Waals surface area contributed by atoms with Crippen molar-refractivity contribution in [3.05, 3.63) is 78.1 Å². The van der Waals surface area contributed by atoms with Crippen LogP contribution in [0.5, 0.6) is 0 Å². The van der Waals surface area contributed by atoms with Gasteiger partial charge in [-0.25, -0.2) is 4.98 Å². The lowest BCUT2D eigenvalue weighted by Crippen LogP contribution is -2.28. The van der Waals surface area contributed by atoms with E-state index in [4.69, 9.17) is 0 Å². The molecule has 0 aliphatic heterocycles. The highest BCUT2D eigenvalue weighted by Gasteiger charge is 2.20. The van der Waals surface area contributed by atoms with E-state index in [0.29, 0.717) is 28.2 Å². The molecule has 4 rings (SSSR count). The van der Waals surface area contributed by atoms with Gasteiger partial charge in [-0.1, -0.05) is 59.0 Å². The zero-order chi connectivity index (χ0) is 24.1. The van der Waals surface area contributed by atoms with E-state index in [-0.39, 0.29) is 23.6 Å². The van der Waals surface area contributed by atoms with Crippen LogP contribution in [-0.4, -0.2) is 37.3 Å². The van der Waals surface area contributed by atoms with Crippen LogP contribution in [0.3, 0.4) is 0 Å². The number of anilines is 1. The fraction of sp³-hybridized carbons (Fsp3) is 0.208. The molecule has 0 saturated carbocycles. The van der Waals surface area contributed by atoms with Crippen molar-refractivity contribution in [2.45, 2.75) is 31.6 Å². The number of aromatic nitrogens is 4. The maximum Gasteiger partial charge on any atom is 0.251 e. The summed E-state index contributed by atoms with van der Waals surface area (Å²) in [4.78, 5) is 29.5. The molecule has 0 saturated heterocycles. The number of aryl methyl sites for hydroxylation is 1. The van der Waals surface area contributed by atoms with Gasteiger partial charge in [0.05, 0.1) is 22.0 Å². The first kappa shape index (κ1) is 23.7. The van der Waals surface area contributed by atoms with Crippen molar-refractivity contribution >= 4 is 50.3 Å². The Hall–Kier alpha value is -3.50. The Kier molecular flexibility index (Phi) is 7.39. The summed E-state index contributed by atoms with van der Waals surface area (Å²) >= 11 is 2.70. The lowest BCUT2D eigenvalue weighted by Gasteiger charge is -2.15. The summed E-state index contributed by atoms with van der Waals surface area (Å²) in [7, 11) is 0. The molecule has 0 fully saturated rings. The minimum absolute atomic E-state index is 0.148. The number of rotatable bonds is 9. The number of thioether (sulfide) groups is 1. The topological polar surface area (TPSA) is 102 Å². The van der Waals surface area contributed by atoms with E-state index < -0.39 is 0 Å². The summed E-state index contributed by atoms with van der Waals surface area (Å²) in [6.45, 7) is 8.08. The third kappa shape index (κ3) is 5.52. The first-order chi connectivity index (χ1) is 16.4. The number of nitrogens with one attached hydrogen (secondary N) is 2. The average molecular weight is 493 g/mol. The average Bonchev–Trinajstić information content (AvgIpc) is 3.41. The molecule has 8 nitrogen and oxygen atoms in total. The Balaban J connectivity index is 1.40. The highest BCUT2D eigenvalue weighted by Crippen LogP contribution is 2.26. The fourth-order valence-corrected chi connectivity index (χ4v) is 4.93. The number of amides is 2. The summed E-state index contributed by atoms with van der Waals surface area (Å²) < 4.78 is 2.87. The highest BCUT2D eigenvalue weighted by molar-refractivity contribution is 7.99. The number of para-hydroxylation sites is 1. The number of nitrogens with zero attached hydrogens (tertiary/aromatic N) is 4. The SMILES string of the molecule is C=CCn1c(SCC(=O)Nc2nc3ccccc3s2)nnc1[C@@H](C)NC(=O)c1ccc(C)cc1. The normalized spacial score (nSPS) is 11.8. The molecule has 0 aliphatic rings. The second-order valence-corrected chi connectivity index (χ2v) is 9.60. The molecule has 0 aliphatic carbocycles. The zero-order valence-electron chi connectivity index (χ0n) is 18.8. The van der Waals surface area contributed by atoms with Crippen molar-refractivity contribution in [1.82, 2.24) is 25.1 Å². The van der Waals surface area contributed by atoms with Gasteiger partial charge in [0.25, 0.3) is 5.91 Å². The minimum Gasteiger partial charge on any atom is -0.342 e. The van der Waals surface area contributed by atoms with Gasteiger partial charge >= 0.3 is 0 Å². The molecule has 2 aromatic heterocycles. The Morgan fingerprint density at radius 1 is 1.18 bits per heavy atom. The van der Waals surface area contributed by atoms with Crippen LogP contribution in [0.4, 0.5) is 5.13 Å². The predicted octanol–water partition coefficient (Wildman–Crippen LogP) is 4.60. The molecule has 10 heteroatoms. The van der Waals surface area contributed by atoms with Crippen molar-refractivity contribution in [3.63, 3.8) is 0 Å². The number of hydrogen-bond acceptors (Lipinski definition) is 7. The summed E-state index contributed by atoms with van der Waals surface area (Å²) in [6, 6.07) is 14.7.